The molecule has 1 heterocycles. The van der Waals surface area contributed by atoms with Crippen molar-refractivity contribution in [3.8, 4) is 0 Å². The molecule has 2 atom stereocenters. The minimum atomic E-state index is -1.21. The van der Waals surface area contributed by atoms with Crippen LogP contribution < -0.4 is 17.0 Å². The molecule has 0 radical (unpaired) electrons. The summed E-state index contributed by atoms with van der Waals surface area (Å²) in [6.45, 7) is 9.90. The van der Waals surface area contributed by atoms with Crippen LogP contribution in [0.4, 0.5) is 0 Å². The van der Waals surface area contributed by atoms with Gasteiger partial charge in [-0.25, -0.2) is 0 Å². The Morgan fingerprint density at radius 3 is 2.35 bits per heavy atom. The number of morpholine rings is 1. The number of likely N-dealkylation sites (N-methyl/N-ethyl adjacent to an activating group) is 1. The summed E-state index contributed by atoms with van der Waals surface area (Å²) >= 11 is 5.91. The molecule has 5 heteroatoms. The first-order valence-electron chi connectivity index (χ1n) is 6.94. The maximum Gasteiger partial charge on any atom is 0.244 e. The van der Waals surface area contributed by atoms with E-state index in [0.29, 0.717) is 11.6 Å². The molecule has 1 aromatic carbocycles. The van der Waals surface area contributed by atoms with Crippen molar-refractivity contribution in [2.24, 2.45) is 0 Å². The average molecular weight is 365 g/mol. The lowest BCUT2D eigenvalue weighted by Crippen LogP contribution is -3.00. The molecule has 0 aromatic heterocycles. The molecular weight excluding hydrogens is 342 g/mol. The lowest BCUT2D eigenvalue weighted by Gasteiger charge is -2.49. The molecule has 1 aliphatic heterocycles. The largest absolute Gasteiger partial charge is 1.00 e. The van der Waals surface area contributed by atoms with E-state index in [1.54, 1.807) is 12.1 Å². The molecule has 1 aromatic rings. The number of benzene rings is 1. The molecule has 114 valence electrons. The number of aliphatic hydroxyl groups is 1. The molecule has 0 saturated carbocycles. The van der Waals surface area contributed by atoms with Crippen molar-refractivity contribution in [3.63, 3.8) is 0 Å². The summed E-state index contributed by atoms with van der Waals surface area (Å²) in [6, 6.07) is 7.29. The Labute approximate surface area is 136 Å². The van der Waals surface area contributed by atoms with Crippen LogP contribution in [0.25, 0.3) is 0 Å². The van der Waals surface area contributed by atoms with E-state index in [4.69, 9.17) is 16.3 Å². The normalized spacial score (nSPS) is 28.8. The lowest BCUT2D eigenvalue weighted by atomic mass is 10.0. The number of hydrogen-bond acceptors (Lipinski definition) is 2. The zero-order chi connectivity index (χ0) is 14.1. The van der Waals surface area contributed by atoms with Crippen molar-refractivity contribution in [2.45, 2.75) is 32.7 Å². The predicted molar refractivity (Wildman–Crippen MR) is 77.0 cm³/mol. The van der Waals surface area contributed by atoms with Gasteiger partial charge in [-0.1, -0.05) is 23.7 Å². The maximum atomic E-state index is 10.9. The van der Waals surface area contributed by atoms with Crippen LogP contribution in [0.15, 0.2) is 24.3 Å². The summed E-state index contributed by atoms with van der Waals surface area (Å²) in [5, 5.41) is 11.6. The monoisotopic (exact) mass is 363 g/mol. The maximum absolute atomic E-state index is 10.9. The van der Waals surface area contributed by atoms with Gasteiger partial charge in [0.25, 0.3) is 0 Å². The Morgan fingerprint density at radius 1 is 1.30 bits per heavy atom. The molecule has 20 heavy (non-hydrogen) atoms. The Morgan fingerprint density at radius 2 is 1.85 bits per heavy atom. The van der Waals surface area contributed by atoms with E-state index in [-0.39, 0.29) is 23.1 Å². The Hall–Kier alpha value is -0.130. The summed E-state index contributed by atoms with van der Waals surface area (Å²) in [5.41, 5.74) is 0.785. The topological polar surface area (TPSA) is 29.5 Å². The first-order chi connectivity index (χ1) is 8.93. The van der Waals surface area contributed by atoms with Gasteiger partial charge in [-0.3, -0.25) is 0 Å². The second kappa shape index (κ2) is 6.75. The quantitative estimate of drug-likeness (QED) is 0.751. The highest BCUT2D eigenvalue weighted by Gasteiger charge is 2.47. The summed E-state index contributed by atoms with van der Waals surface area (Å²) in [5.74, 6) is -1.21. The van der Waals surface area contributed by atoms with E-state index in [1.807, 2.05) is 19.1 Å². The van der Waals surface area contributed by atoms with Gasteiger partial charge in [-0.2, -0.15) is 0 Å². The van der Waals surface area contributed by atoms with Crippen LogP contribution in [0.1, 0.15) is 26.3 Å². The third-order valence-electron chi connectivity index (χ3n) is 4.23. The highest BCUT2D eigenvalue weighted by molar-refractivity contribution is 6.30. The number of nitrogens with zero attached hydrogens (tertiary/aromatic N) is 1. The van der Waals surface area contributed by atoms with E-state index < -0.39 is 5.79 Å². The second-order valence-electron chi connectivity index (χ2n) is 5.53. The molecule has 0 aliphatic carbocycles. The standard InChI is InChI=1S/C15H23ClNO2.BrH/c1-4-17(5-2)10-12(3)19-15(18,11-17)13-6-8-14(16)9-7-13;/h6-9,12,18H,4-5,10-11H2,1-3H3;1H/q+1;/p-1. The van der Waals surface area contributed by atoms with Crippen LogP contribution in [0, 0.1) is 0 Å². The first-order valence-corrected chi connectivity index (χ1v) is 7.32. The molecule has 1 N–H and O–H groups in total. The van der Waals surface area contributed by atoms with Crippen LogP contribution >= 0.6 is 11.6 Å². The van der Waals surface area contributed by atoms with Crippen LogP contribution in [-0.4, -0.2) is 41.9 Å². The van der Waals surface area contributed by atoms with Crippen molar-refractivity contribution in [3.05, 3.63) is 34.9 Å². The predicted octanol–water partition coefficient (Wildman–Crippen LogP) is -0.236. The molecule has 1 fully saturated rings. The van der Waals surface area contributed by atoms with Gasteiger partial charge in [-0.05, 0) is 32.9 Å². The van der Waals surface area contributed by atoms with Gasteiger partial charge in [0.2, 0.25) is 5.79 Å². The smallest absolute Gasteiger partial charge is 0.244 e. The summed E-state index contributed by atoms with van der Waals surface area (Å²) < 4.78 is 6.73. The van der Waals surface area contributed by atoms with Crippen molar-refractivity contribution < 1.29 is 31.3 Å². The number of quaternary nitrogens is 1. The Bertz CT molecular complexity index is 436. The van der Waals surface area contributed by atoms with Crippen molar-refractivity contribution in [1.29, 1.82) is 0 Å². The highest BCUT2D eigenvalue weighted by Crippen LogP contribution is 2.34. The molecule has 0 spiro atoms. The first kappa shape index (κ1) is 17.9. The van der Waals surface area contributed by atoms with Crippen molar-refractivity contribution >= 4 is 11.6 Å². The molecule has 3 nitrogen and oxygen atoms in total. The molecule has 1 aliphatic rings. The molecule has 0 bridgehead atoms. The Balaban J connectivity index is 0.00000200. The third-order valence-corrected chi connectivity index (χ3v) is 4.48. The zero-order valence-corrected chi connectivity index (χ0v) is 14.6. The number of hydrogen-bond donors (Lipinski definition) is 1. The van der Waals surface area contributed by atoms with Crippen LogP contribution in [-0.2, 0) is 10.5 Å². The summed E-state index contributed by atoms with van der Waals surface area (Å²) in [7, 11) is 0. The average Bonchev–Trinajstić information content (AvgIpc) is 2.38. The van der Waals surface area contributed by atoms with Crippen LogP contribution in [0.2, 0.25) is 5.02 Å². The van der Waals surface area contributed by atoms with Gasteiger partial charge in [-0.15, -0.1) is 0 Å². The van der Waals surface area contributed by atoms with Crippen molar-refractivity contribution in [1.82, 2.24) is 0 Å². The van der Waals surface area contributed by atoms with E-state index in [1.165, 1.54) is 0 Å². The highest BCUT2D eigenvalue weighted by atomic mass is 79.9. The van der Waals surface area contributed by atoms with Gasteiger partial charge in [0.1, 0.15) is 19.2 Å². The molecule has 1 saturated heterocycles. The van der Waals surface area contributed by atoms with E-state index >= 15 is 0 Å². The SMILES string of the molecule is CC[N+]1(CC)CC(C)OC(O)(c2ccc(Cl)cc2)C1.[Br-]. The molecule has 2 unspecified atom stereocenters. The van der Waals surface area contributed by atoms with Gasteiger partial charge in [0.05, 0.1) is 13.1 Å². The minimum Gasteiger partial charge on any atom is -1.00 e. The van der Waals surface area contributed by atoms with E-state index in [0.717, 1.165) is 29.7 Å². The summed E-state index contributed by atoms with van der Waals surface area (Å²) in [4.78, 5) is 0. The fraction of sp³-hybridized carbons (Fsp3) is 0.600. The summed E-state index contributed by atoms with van der Waals surface area (Å²) in [6.07, 6.45) is 0.0364. The molecule has 0 amide bonds. The van der Waals surface area contributed by atoms with Gasteiger partial charge >= 0.3 is 0 Å². The third kappa shape index (κ3) is 3.55. The second-order valence-corrected chi connectivity index (χ2v) is 5.97. The molecule has 2 rings (SSSR count). The Kier molecular flexibility index (Phi) is 6.05. The van der Waals surface area contributed by atoms with Gasteiger partial charge < -0.3 is 31.3 Å². The van der Waals surface area contributed by atoms with Gasteiger partial charge in [0, 0.05) is 10.6 Å². The van der Waals surface area contributed by atoms with Crippen molar-refractivity contribution in [2.75, 3.05) is 26.2 Å². The van der Waals surface area contributed by atoms with Gasteiger partial charge in [0.15, 0.2) is 0 Å². The van der Waals surface area contributed by atoms with E-state index in [2.05, 4.69) is 13.8 Å². The zero-order valence-electron chi connectivity index (χ0n) is 12.3. The fourth-order valence-electron chi connectivity index (χ4n) is 3.05. The number of ether oxygens (including phenoxy) is 1. The number of halogens is 2. The van der Waals surface area contributed by atoms with E-state index in [9.17, 15) is 5.11 Å². The minimum absolute atomic E-state index is 0. The van der Waals surface area contributed by atoms with Crippen LogP contribution in [0.3, 0.4) is 0 Å². The van der Waals surface area contributed by atoms with Crippen LogP contribution in [0.5, 0.6) is 0 Å². The molecular formula is C15H23BrClNO2. The fourth-order valence-corrected chi connectivity index (χ4v) is 3.17. The lowest BCUT2D eigenvalue weighted by molar-refractivity contribution is -0.948. The number of rotatable bonds is 3.